The molecule has 1 fully saturated rings. The van der Waals surface area contributed by atoms with Gasteiger partial charge in [0.1, 0.15) is 24.3 Å². The summed E-state index contributed by atoms with van der Waals surface area (Å²) in [5, 5.41) is 8.90. The van der Waals surface area contributed by atoms with Crippen LogP contribution in [0.4, 0.5) is 23.4 Å². The molecule has 0 bridgehead atoms. The van der Waals surface area contributed by atoms with Crippen LogP contribution >= 0.6 is 0 Å². The molecule has 0 amide bonds. The zero-order valence-electron chi connectivity index (χ0n) is 15.7. The van der Waals surface area contributed by atoms with Crippen LogP contribution < -0.4 is 15.3 Å². The molecule has 0 saturated carbocycles. The van der Waals surface area contributed by atoms with E-state index in [0.717, 1.165) is 6.07 Å². The highest BCUT2D eigenvalue weighted by Crippen LogP contribution is 2.30. The minimum absolute atomic E-state index is 0.0202. The molecule has 1 unspecified atom stereocenters. The van der Waals surface area contributed by atoms with Gasteiger partial charge in [0.15, 0.2) is 0 Å². The van der Waals surface area contributed by atoms with Crippen molar-refractivity contribution in [1.82, 2.24) is 14.5 Å². The number of benzene rings is 1. The second-order valence-corrected chi connectivity index (χ2v) is 7.26. The predicted octanol–water partition coefficient (Wildman–Crippen LogP) is 1.90. The van der Waals surface area contributed by atoms with Gasteiger partial charge in [0.2, 0.25) is 5.88 Å². The van der Waals surface area contributed by atoms with Crippen LogP contribution in [0.15, 0.2) is 29.1 Å². The van der Waals surface area contributed by atoms with Crippen LogP contribution in [-0.2, 0) is 13.2 Å². The molecule has 0 N–H and O–H groups in total. The average Bonchev–Trinajstić information content (AvgIpc) is 3.04. The zero-order valence-corrected chi connectivity index (χ0v) is 15.7. The number of ether oxygens (including phenoxy) is 1. The molecular formula is C19H17F4N5O2. The highest BCUT2D eigenvalue weighted by atomic mass is 19.4. The molecule has 3 heterocycles. The molecule has 2 aliphatic heterocycles. The van der Waals surface area contributed by atoms with E-state index in [1.54, 1.807) is 12.1 Å². The summed E-state index contributed by atoms with van der Waals surface area (Å²) >= 11 is 0. The molecule has 2 aliphatic rings. The van der Waals surface area contributed by atoms with Gasteiger partial charge in [-0.3, -0.25) is 9.47 Å². The van der Waals surface area contributed by atoms with Crippen molar-refractivity contribution in [3.63, 3.8) is 0 Å². The molecule has 1 saturated heterocycles. The van der Waals surface area contributed by atoms with E-state index in [-0.39, 0.29) is 43.7 Å². The predicted molar refractivity (Wildman–Crippen MR) is 97.6 cm³/mol. The van der Waals surface area contributed by atoms with Crippen molar-refractivity contribution in [3.8, 4) is 11.9 Å². The third-order valence-electron chi connectivity index (χ3n) is 5.16. The molecule has 30 heavy (non-hydrogen) atoms. The van der Waals surface area contributed by atoms with Crippen LogP contribution in [0, 0.1) is 17.1 Å². The molecule has 7 nitrogen and oxygen atoms in total. The van der Waals surface area contributed by atoms with Gasteiger partial charge in [0.05, 0.1) is 24.7 Å². The van der Waals surface area contributed by atoms with Crippen molar-refractivity contribution in [2.75, 3.05) is 31.1 Å². The normalized spacial score (nSPS) is 18.6. The Kier molecular flexibility index (Phi) is 5.11. The van der Waals surface area contributed by atoms with E-state index >= 15 is 0 Å². The van der Waals surface area contributed by atoms with E-state index in [9.17, 15) is 22.4 Å². The maximum Gasteiger partial charge on any atom is 0.401 e. The van der Waals surface area contributed by atoms with E-state index in [4.69, 9.17) is 10.00 Å². The third-order valence-corrected chi connectivity index (χ3v) is 5.16. The van der Waals surface area contributed by atoms with Crippen LogP contribution in [-0.4, -0.2) is 52.8 Å². The van der Waals surface area contributed by atoms with E-state index < -0.39 is 24.2 Å². The van der Waals surface area contributed by atoms with Crippen LogP contribution in [0.2, 0.25) is 0 Å². The number of anilines is 1. The maximum atomic E-state index is 13.4. The molecule has 0 spiro atoms. The lowest BCUT2D eigenvalue weighted by Gasteiger charge is -2.38. The van der Waals surface area contributed by atoms with Crippen molar-refractivity contribution >= 4 is 5.82 Å². The van der Waals surface area contributed by atoms with E-state index in [1.165, 1.54) is 21.6 Å². The fraction of sp³-hybridized carbons (Fsp3) is 0.421. The number of aromatic nitrogens is 2. The molecule has 158 valence electrons. The minimum Gasteiger partial charge on any atom is -0.473 e. The van der Waals surface area contributed by atoms with Gasteiger partial charge in [-0.25, -0.2) is 9.18 Å². The number of hydrogen-bond acceptors (Lipinski definition) is 6. The van der Waals surface area contributed by atoms with Crippen molar-refractivity contribution in [1.29, 1.82) is 5.26 Å². The SMILES string of the molecule is N#Cc1cc(COc2cc3n(c(=O)n2)CC2CN(CC(F)(F)F)CCN32)ccc1F. The smallest absolute Gasteiger partial charge is 0.401 e. The fourth-order valence-corrected chi connectivity index (χ4v) is 3.85. The molecule has 2 aromatic rings. The number of nitrogens with zero attached hydrogens (tertiary/aromatic N) is 5. The number of piperazine rings is 1. The van der Waals surface area contributed by atoms with Crippen LogP contribution in [0.3, 0.4) is 0 Å². The highest BCUT2D eigenvalue weighted by molar-refractivity contribution is 5.47. The fourth-order valence-electron chi connectivity index (χ4n) is 3.85. The lowest BCUT2D eigenvalue weighted by Crippen LogP contribution is -2.53. The summed E-state index contributed by atoms with van der Waals surface area (Å²) in [5.74, 6) is -0.0169. The first-order chi connectivity index (χ1) is 14.2. The van der Waals surface area contributed by atoms with E-state index in [0.29, 0.717) is 17.9 Å². The Balaban J connectivity index is 1.48. The number of nitriles is 1. The summed E-state index contributed by atoms with van der Waals surface area (Å²) < 4.78 is 58.5. The first-order valence-corrected chi connectivity index (χ1v) is 9.22. The summed E-state index contributed by atoms with van der Waals surface area (Å²) in [6.45, 7) is 0.0518. The first-order valence-electron chi connectivity index (χ1n) is 9.22. The summed E-state index contributed by atoms with van der Waals surface area (Å²) in [5.41, 5.74) is -0.122. The molecule has 1 atom stereocenters. The first kappa shape index (κ1) is 20.2. The third kappa shape index (κ3) is 4.09. The Labute approximate surface area is 168 Å². The van der Waals surface area contributed by atoms with E-state index in [2.05, 4.69) is 4.98 Å². The molecule has 0 aliphatic carbocycles. The molecule has 11 heteroatoms. The van der Waals surface area contributed by atoms with Gasteiger partial charge >= 0.3 is 11.9 Å². The highest BCUT2D eigenvalue weighted by Gasteiger charge is 2.39. The molecule has 0 radical (unpaired) electrons. The summed E-state index contributed by atoms with van der Waals surface area (Å²) in [4.78, 5) is 19.5. The van der Waals surface area contributed by atoms with Gasteiger partial charge in [-0.2, -0.15) is 23.4 Å². The molecule has 4 rings (SSSR count). The number of fused-ring (bicyclic) bond motifs is 3. The van der Waals surface area contributed by atoms with Crippen molar-refractivity contribution in [2.45, 2.75) is 25.4 Å². The molecule has 1 aromatic heterocycles. The number of alkyl halides is 3. The largest absolute Gasteiger partial charge is 0.473 e. The van der Waals surface area contributed by atoms with Gasteiger partial charge in [-0.1, -0.05) is 6.07 Å². The lowest BCUT2D eigenvalue weighted by molar-refractivity contribution is -0.147. The van der Waals surface area contributed by atoms with Crippen LogP contribution in [0.25, 0.3) is 0 Å². The Morgan fingerprint density at radius 3 is 2.77 bits per heavy atom. The van der Waals surface area contributed by atoms with Crippen molar-refractivity contribution in [2.24, 2.45) is 0 Å². The van der Waals surface area contributed by atoms with E-state index in [1.807, 2.05) is 4.90 Å². The number of halogens is 4. The van der Waals surface area contributed by atoms with Gasteiger partial charge in [-0.05, 0) is 17.7 Å². The van der Waals surface area contributed by atoms with Gasteiger partial charge in [-0.15, -0.1) is 0 Å². The Morgan fingerprint density at radius 1 is 1.23 bits per heavy atom. The summed E-state index contributed by atoms with van der Waals surface area (Å²) in [7, 11) is 0. The topological polar surface area (TPSA) is 74.4 Å². The Hall–Kier alpha value is -3.13. The average molecular weight is 423 g/mol. The van der Waals surface area contributed by atoms with Gasteiger partial charge < -0.3 is 9.64 Å². The van der Waals surface area contributed by atoms with Crippen LogP contribution in [0.1, 0.15) is 11.1 Å². The van der Waals surface area contributed by atoms with Crippen LogP contribution in [0.5, 0.6) is 5.88 Å². The quantitative estimate of drug-likeness (QED) is 0.700. The maximum absolute atomic E-state index is 13.4. The summed E-state index contributed by atoms with van der Waals surface area (Å²) in [6, 6.07) is 7.05. The minimum atomic E-state index is -4.27. The van der Waals surface area contributed by atoms with Crippen molar-refractivity contribution < 1.29 is 22.3 Å². The Morgan fingerprint density at radius 2 is 2.03 bits per heavy atom. The molecular weight excluding hydrogens is 406 g/mol. The van der Waals surface area contributed by atoms with Gasteiger partial charge in [0.25, 0.3) is 0 Å². The zero-order chi connectivity index (χ0) is 21.5. The summed E-state index contributed by atoms with van der Waals surface area (Å²) in [6.07, 6.45) is -4.27. The number of rotatable bonds is 4. The van der Waals surface area contributed by atoms with Gasteiger partial charge in [0, 0.05) is 25.7 Å². The lowest BCUT2D eigenvalue weighted by atomic mass is 10.1. The Bertz CT molecular complexity index is 1060. The second-order valence-electron chi connectivity index (χ2n) is 7.26. The number of hydrogen-bond donors (Lipinski definition) is 0. The molecule has 1 aromatic carbocycles. The van der Waals surface area contributed by atoms with Crippen molar-refractivity contribution in [3.05, 3.63) is 51.7 Å². The monoisotopic (exact) mass is 423 g/mol. The second kappa shape index (κ2) is 7.60. The standard InChI is InChI=1S/C19H17F4N5O2/c20-15-2-1-12(5-13(15)7-24)10-30-16-6-17-27-4-3-26(11-19(21,22)23)8-14(27)9-28(17)18(29)25-16/h1-2,5-6,14H,3-4,8-11H2.